The van der Waals surface area contributed by atoms with Gasteiger partial charge >= 0.3 is 0 Å². The minimum atomic E-state index is 0.111. The van der Waals surface area contributed by atoms with E-state index in [1.807, 2.05) is 12.1 Å². The third-order valence-electron chi connectivity index (χ3n) is 3.19. The van der Waals surface area contributed by atoms with E-state index in [-0.39, 0.29) is 5.91 Å². The molecule has 1 aliphatic heterocycles. The summed E-state index contributed by atoms with van der Waals surface area (Å²) >= 11 is 0. The number of carbonyl (C=O) groups is 1. The Hall–Kier alpha value is -1.51. The molecule has 0 unspecified atom stereocenters. The molecule has 1 aromatic carbocycles. The Kier molecular flexibility index (Phi) is 4.62. The fourth-order valence-corrected chi connectivity index (χ4v) is 2.18. The van der Waals surface area contributed by atoms with Gasteiger partial charge in [0.25, 0.3) is 0 Å². The van der Waals surface area contributed by atoms with Crippen LogP contribution in [0.3, 0.4) is 0 Å². The number of fused-ring (bicyclic) bond motifs is 1. The van der Waals surface area contributed by atoms with Gasteiger partial charge in [-0.05, 0) is 36.5 Å². The van der Waals surface area contributed by atoms with Crippen LogP contribution in [0.25, 0.3) is 0 Å². The third-order valence-corrected chi connectivity index (χ3v) is 3.19. The van der Waals surface area contributed by atoms with Gasteiger partial charge in [-0.3, -0.25) is 4.79 Å². The van der Waals surface area contributed by atoms with Gasteiger partial charge in [0.2, 0.25) is 5.91 Å². The SMILES string of the molecule is CCCCNC(=O)Cc1ccc2c(c1)CCCO2. The summed E-state index contributed by atoms with van der Waals surface area (Å²) in [6.07, 6.45) is 4.75. The van der Waals surface area contributed by atoms with Gasteiger partial charge in [-0.1, -0.05) is 25.5 Å². The number of carbonyl (C=O) groups excluding carboxylic acids is 1. The van der Waals surface area contributed by atoms with Crippen LogP contribution in [0.15, 0.2) is 18.2 Å². The molecule has 0 saturated carbocycles. The molecule has 1 aliphatic rings. The number of hydrogen-bond donors (Lipinski definition) is 1. The summed E-state index contributed by atoms with van der Waals surface area (Å²) in [5.41, 5.74) is 2.31. The molecule has 1 N–H and O–H groups in total. The van der Waals surface area contributed by atoms with E-state index in [1.165, 1.54) is 5.56 Å². The molecule has 2 rings (SSSR count). The minimum absolute atomic E-state index is 0.111. The lowest BCUT2D eigenvalue weighted by molar-refractivity contribution is -0.120. The molecule has 0 spiro atoms. The summed E-state index contributed by atoms with van der Waals surface area (Å²) < 4.78 is 5.56. The summed E-state index contributed by atoms with van der Waals surface area (Å²) in [5, 5.41) is 2.94. The molecule has 98 valence electrons. The lowest BCUT2D eigenvalue weighted by Gasteiger charge is -2.17. The van der Waals surface area contributed by atoms with Crippen molar-refractivity contribution in [2.75, 3.05) is 13.2 Å². The molecule has 0 radical (unpaired) electrons. The molecular formula is C15H21NO2. The van der Waals surface area contributed by atoms with E-state index in [0.29, 0.717) is 6.42 Å². The van der Waals surface area contributed by atoms with Crippen LogP contribution >= 0.6 is 0 Å². The van der Waals surface area contributed by atoms with Crippen molar-refractivity contribution >= 4 is 5.91 Å². The minimum Gasteiger partial charge on any atom is -0.493 e. The first-order chi connectivity index (χ1) is 8.79. The zero-order chi connectivity index (χ0) is 12.8. The fourth-order valence-electron chi connectivity index (χ4n) is 2.18. The molecule has 1 aromatic rings. The van der Waals surface area contributed by atoms with Crippen LogP contribution in [-0.4, -0.2) is 19.1 Å². The van der Waals surface area contributed by atoms with Crippen LogP contribution in [0.4, 0.5) is 0 Å². The quantitative estimate of drug-likeness (QED) is 0.812. The zero-order valence-electron chi connectivity index (χ0n) is 11.0. The van der Waals surface area contributed by atoms with Gasteiger partial charge in [0.05, 0.1) is 13.0 Å². The van der Waals surface area contributed by atoms with Gasteiger partial charge in [0, 0.05) is 6.54 Å². The van der Waals surface area contributed by atoms with Crippen LogP contribution in [0.2, 0.25) is 0 Å². The Morgan fingerprint density at radius 3 is 3.17 bits per heavy atom. The van der Waals surface area contributed by atoms with E-state index in [0.717, 1.165) is 50.1 Å². The molecule has 0 aromatic heterocycles. The lowest BCUT2D eigenvalue weighted by atomic mass is 10.0. The van der Waals surface area contributed by atoms with Crippen molar-refractivity contribution in [2.45, 2.75) is 39.0 Å². The van der Waals surface area contributed by atoms with Crippen LogP contribution in [0.5, 0.6) is 5.75 Å². The molecule has 0 saturated heterocycles. The van der Waals surface area contributed by atoms with Gasteiger partial charge < -0.3 is 10.1 Å². The second kappa shape index (κ2) is 6.43. The molecule has 0 fully saturated rings. The normalized spacial score (nSPS) is 13.6. The smallest absolute Gasteiger partial charge is 0.224 e. The summed E-state index contributed by atoms with van der Waals surface area (Å²) in [4.78, 5) is 11.7. The molecule has 0 bridgehead atoms. The van der Waals surface area contributed by atoms with Gasteiger partial charge in [-0.25, -0.2) is 0 Å². The van der Waals surface area contributed by atoms with Gasteiger partial charge in [-0.2, -0.15) is 0 Å². The first-order valence-corrected chi connectivity index (χ1v) is 6.81. The zero-order valence-corrected chi connectivity index (χ0v) is 11.0. The standard InChI is InChI=1S/C15H21NO2/c1-2-3-8-16-15(17)11-12-6-7-14-13(10-12)5-4-9-18-14/h6-7,10H,2-5,8-9,11H2,1H3,(H,16,17). The lowest BCUT2D eigenvalue weighted by Crippen LogP contribution is -2.26. The highest BCUT2D eigenvalue weighted by molar-refractivity contribution is 5.78. The Morgan fingerprint density at radius 1 is 1.44 bits per heavy atom. The summed E-state index contributed by atoms with van der Waals surface area (Å²) in [6.45, 7) is 3.71. The number of amides is 1. The van der Waals surface area contributed by atoms with Crippen LogP contribution in [0.1, 0.15) is 37.3 Å². The molecular weight excluding hydrogens is 226 g/mol. The molecule has 1 heterocycles. The van der Waals surface area contributed by atoms with E-state index in [9.17, 15) is 4.79 Å². The monoisotopic (exact) mass is 247 g/mol. The van der Waals surface area contributed by atoms with Crippen molar-refractivity contribution in [1.29, 1.82) is 0 Å². The first kappa shape index (κ1) is 12.9. The third kappa shape index (κ3) is 3.49. The van der Waals surface area contributed by atoms with Crippen LogP contribution in [0, 0.1) is 0 Å². The molecule has 3 heteroatoms. The largest absolute Gasteiger partial charge is 0.493 e. The number of unbranched alkanes of at least 4 members (excludes halogenated alkanes) is 1. The second-order valence-electron chi connectivity index (χ2n) is 4.77. The molecule has 0 atom stereocenters. The van der Waals surface area contributed by atoms with Crippen molar-refractivity contribution in [3.8, 4) is 5.75 Å². The average molecular weight is 247 g/mol. The Balaban J connectivity index is 1.91. The van der Waals surface area contributed by atoms with Gasteiger partial charge in [-0.15, -0.1) is 0 Å². The number of hydrogen-bond acceptors (Lipinski definition) is 2. The number of aryl methyl sites for hydroxylation is 1. The van der Waals surface area contributed by atoms with Crippen molar-refractivity contribution in [2.24, 2.45) is 0 Å². The van der Waals surface area contributed by atoms with Crippen LogP contribution < -0.4 is 10.1 Å². The second-order valence-corrected chi connectivity index (χ2v) is 4.77. The molecule has 1 amide bonds. The Labute approximate surface area is 109 Å². The molecule has 3 nitrogen and oxygen atoms in total. The van der Waals surface area contributed by atoms with Crippen molar-refractivity contribution in [3.05, 3.63) is 29.3 Å². The summed E-state index contributed by atoms with van der Waals surface area (Å²) in [5.74, 6) is 1.09. The number of rotatable bonds is 5. The van der Waals surface area contributed by atoms with E-state index >= 15 is 0 Å². The topological polar surface area (TPSA) is 38.3 Å². The Bertz CT molecular complexity index is 415. The van der Waals surface area contributed by atoms with E-state index in [2.05, 4.69) is 18.3 Å². The molecule has 18 heavy (non-hydrogen) atoms. The fraction of sp³-hybridized carbons (Fsp3) is 0.533. The van der Waals surface area contributed by atoms with Crippen molar-refractivity contribution in [1.82, 2.24) is 5.32 Å². The first-order valence-electron chi connectivity index (χ1n) is 6.81. The highest BCUT2D eigenvalue weighted by Crippen LogP contribution is 2.25. The Morgan fingerprint density at radius 2 is 2.33 bits per heavy atom. The summed E-state index contributed by atoms with van der Waals surface area (Å²) in [7, 11) is 0. The highest BCUT2D eigenvalue weighted by Gasteiger charge is 2.11. The van der Waals surface area contributed by atoms with Crippen molar-refractivity contribution < 1.29 is 9.53 Å². The number of nitrogens with one attached hydrogen (secondary N) is 1. The number of benzene rings is 1. The highest BCUT2D eigenvalue weighted by atomic mass is 16.5. The van der Waals surface area contributed by atoms with Gasteiger partial charge in [0.1, 0.15) is 5.75 Å². The summed E-state index contributed by atoms with van der Waals surface area (Å²) in [6, 6.07) is 6.08. The maximum absolute atomic E-state index is 11.7. The van der Waals surface area contributed by atoms with Crippen LogP contribution in [-0.2, 0) is 17.6 Å². The molecule has 0 aliphatic carbocycles. The average Bonchev–Trinajstić information content (AvgIpc) is 2.39. The van der Waals surface area contributed by atoms with Crippen molar-refractivity contribution in [3.63, 3.8) is 0 Å². The predicted molar refractivity (Wildman–Crippen MR) is 71.9 cm³/mol. The van der Waals surface area contributed by atoms with E-state index < -0.39 is 0 Å². The van der Waals surface area contributed by atoms with E-state index in [4.69, 9.17) is 4.74 Å². The number of ether oxygens (including phenoxy) is 1. The van der Waals surface area contributed by atoms with Gasteiger partial charge in [0.15, 0.2) is 0 Å². The maximum Gasteiger partial charge on any atom is 0.224 e. The predicted octanol–water partition coefficient (Wildman–Crippen LogP) is 2.47. The van der Waals surface area contributed by atoms with E-state index in [1.54, 1.807) is 0 Å². The maximum atomic E-state index is 11.7.